The molecular formula is C19H28N6. The molecule has 2 N–H and O–H groups in total. The molecule has 2 aromatic rings. The van der Waals surface area contributed by atoms with Crippen molar-refractivity contribution in [1.29, 1.82) is 0 Å². The van der Waals surface area contributed by atoms with Crippen LogP contribution in [0.1, 0.15) is 20.8 Å². The van der Waals surface area contributed by atoms with Gasteiger partial charge in [0.05, 0.1) is 0 Å². The third kappa shape index (κ3) is 5.06. The van der Waals surface area contributed by atoms with Crippen LogP contribution >= 0.6 is 0 Å². The van der Waals surface area contributed by atoms with E-state index >= 15 is 0 Å². The van der Waals surface area contributed by atoms with Gasteiger partial charge in [0.1, 0.15) is 5.82 Å². The number of anilines is 4. The van der Waals surface area contributed by atoms with Crippen molar-refractivity contribution in [2.75, 3.05) is 48.8 Å². The average molecular weight is 340 g/mol. The Morgan fingerprint density at radius 2 is 1.64 bits per heavy atom. The number of hydrogen-bond donors (Lipinski definition) is 2. The molecule has 134 valence electrons. The Balaban J connectivity index is 1.64. The van der Waals surface area contributed by atoms with Gasteiger partial charge in [-0.2, -0.15) is 4.98 Å². The molecule has 0 unspecified atom stereocenters. The fraction of sp³-hybridized carbons (Fsp3) is 0.474. The topological polar surface area (TPSA) is 56.3 Å². The quantitative estimate of drug-likeness (QED) is 0.891. The van der Waals surface area contributed by atoms with Crippen LogP contribution in [0.15, 0.2) is 36.5 Å². The first kappa shape index (κ1) is 17.5. The smallest absolute Gasteiger partial charge is 0.225 e. The van der Waals surface area contributed by atoms with Crippen LogP contribution in [0.5, 0.6) is 0 Å². The minimum Gasteiger partial charge on any atom is -0.369 e. The van der Waals surface area contributed by atoms with Gasteiger partial charge in [0.25, 0.3) is 0 Å². The Kier molecular flexibility index (Phi) is 5.08. The van der Waals surface area contributed by atoms with Crippen molar-refractivity contribution in [2.24, 2.45) is 0 Å². The first-order valence-electron chi connectivity index (χ1n) is 8.81. The molecule has 0 amide bonds. The molecule has 1 aromatic heterocycles. The zero-order chi connectivity index (χ0) is 17.9. The molecule has 2 heterocycles. The molecular weight excluding hydrogens is 312 g/mol. The highest BCUT2D eigenvalue weighted by Crippen LogP contribution is 2.22. The maximum Gasteiger partial charge on any atom is 0.225 e. The number of nitrogens with zero attached hydrogens (tertiary/aromatic N) is 4. The molecule has 1 aliphatic heterocycles. The molecule has 6 nitrogen and oxygen atoms in total. The first-order valence-corrected chi connectivity index (χ1v) is 8.81. The van der Waals surface area contributed by atoms with Crippen LogP contribution in [-0.4, -0.2) is 53.6 Å². The molecule has 6 heteroatoms. The average Bonchev–Trinajstić information content (AvgIpc) is 2.55. The van der Waals surface area contributed by atoms with Gasteiger partial charge >= 0.3 is 0 Å². The van der Waals surface area contributed by atoms with Crippen LogP contribution < -0.4 is 15.5 Å². The van der Waals surface area contributed by atoms with Crippen molar-refractivity contribution in [1.82, 2.24) is 14.9 Å². The molecule has 1 fully saturated rings. The SMILES string of the molecule is CN1CCN(c2ccc(Nc3ccnc(NC(C)(C)C)n3)cc2)CC1. The monoisotopic (exact) mass is 340 g/mol. The molecule has 0 aliphatic carbocycles. The Labute approximate surface area is 150 Å². The summed E-state index contributed by atoms with van der Waals surface area (Å²) in [5, 5.41) is 6.64. The van der Waals surface area contributed by atoms with Crippen molar-refractivity contribution in [3.63, 3.8) is 0 Å². The zero-order valence-corrected chi connectivity index (χ0v) is 15.6. The van der Waals surface area contributed by atoms with Crippen LogP contribution in [0.2, 0.25) is 0 Å². The molecule has 0 bridgehead atoms. The molecule has 1 saturated heterocycles. The van der Waals surface area contributed by atoms with E-state index in [-0.39, 0.29) is 5.54 Å². The van der Waals surface area contributed by atoms with Crippen LogP contribution in [0, 0.1) is 0 Å². The van der Waals surface area contributed by atoms with E-state index in [0.717, 1.165) is 37.7 Å². The van der Waals surface area contributed by atoms with Crippen LogP contribution in [0.3, 0.4) is 0 Å². The fourth-order valence-electron chi connectivity index (χ4n) is 2.79. The summed E-state index contributed by atoms with van der Waals surface area (Å²) in [5.74, 6) is 1.42. The number of piperazine rings is 1. The van der Waals surface area contributed by atoms with E-state index in [1.807, 2.05) is 6.07 Å². The van der Waals surface area contributed by atoms with Gasteiger partial charge in [-0.3, -0.25) is 0 Å². The summed E-state index contributed by atoms with van der Waals surface area (Å²) < 4.78 is 0. The molecule has 0 radical (unpaired) electrons. The minimum absolute atomic E-state index is 0.0667. The standard InChI is InChI=1S/C19H28N6/c1-19(2,3)23-18-20-10-9-17(22-18)21-15-5-7-16(8-6-15)25-13-11-24(4)12-14-25/h5-10H,11-14H2,1-4H3,(H2,20,21,22,23). The van der Waals surface area contributed by atoms with E-state index in [9.17, 15) is 0 Å². The Morgan fingerprint density at radius 3 is 2.28 bits per heavy atom. The lowest BCUT2D eigenvalue weighted by molar-refractivity contribution is 0.313. The zero-order valence-electron chi connectivity index (χ0n) is 15.6. The lowest BCUT2D eigenvalue weighted by Gasteiger charge is -2.34. The van der Waals surface area contributed by atoms with Crippen molar-refractivity contribution in [3.8, 4) is 0 Å². The molecule has 1 aromatic carbocycles. The van der Waals surface area contributed by atoms with Gasteiger partial charge in [-0.25, -0.2) is 4.98 Å². The Morgan fingerprint density at radius 1 is 0.960 bits per heavy atom. The predicted molar refractivity (Wildman–Crippen MR) is 105 cm³/mol. The molecule has 1 aliphatic rings. The first-order chi connectivity index (χ1) is 11.9. The Hall–Kier alpha value is -2.34. The van der Waals surface area contributed by atoms with E-state index in [2.05, 4.69) is 82.5 Å². The van der Waals surface area contributed by atoms with Crippen molar-refractivity contribution in [2.45, 2.75) is 26.3 Å². The normalized spacial score (nSPS) is 15.9. The van der Waals surface area contributed by atoms with Crippen molar-refractivity contribution < 1.29 is 0 Å². The van der Waals surface area contributed by atoms with Crippen molar-refractivity contribution >= 4 is 23.1 Å². The van der Waals surface area contributed by atoms with Gasteiger partial charge in [-0.05, 0) is 58.2 Å². The van der Waals surface area contributed by atoms with E-state index in [4.69, 9.17) is 0 Å². The predicted octanol–water partition coefficient (Wildman–Crippen LogP) is 3.18. The summed E-state index contributed by atoms with van der Waals surface area (Å²) in [4.78, 5) is 13.6. The fourth-order valence-corrected chi connectivity index (χ4v) is 2.79. The van der Waals surface area contributed by atoms with Crippen LogP contribution in [0.25, 0.3) is 0 Å². The van der Waals surface area contributed by atoms with E-state index in [1.54, 1.807) is 6.20 Å². The number of rotatable bonds is 4. The summed E-state index contributed by atoms with van der Waals surface area (Å²) in [6.07, 6.45) is 1.77. The summed E-state index contributed by atoms with van der Waals surface area (Å²) >= 11 is 0. The number of likely N-dealkylation sites (N-methyl/N-ethyl adjacent to an activating group) is 1. The highest BCUT2D eigenvalue weighted by atomic mass is 15.2. The second-order valence-electron chi connectivity index (χ2n) is 7.60. The third-order valence-corrected chi connectivity index (χ3v) is 4.15. The third-order valence-electron chi connectivity index (χ3n) is 4.15. The molecule has 25 heavy (non-hydrogen) atoms. The van der Waals surface area contributed by atoms with Gasteiger partial charge in [0.2, 0.25) is 5.95 Å². The largest absolute Gasteiger partial charge is 0.369 e. The lowest BCUT2D eigenvalue weighted by Crippen LogP contribution is -2.44. The van der Waals surface area contributed by atoms with Crippen LogP contribution in [-0.2, 0) is 0 Å². The highest BCUT2D eigenvalue weighted by molar-refractivity contribution is 5.61. The second kappa shape index (κ2) is 7.27. The number of aromatic nitrogens is 2. The van der Waals surface area contributed by atoms with Gasteiger partial charge < -0.3 is 20.4 Å². The van der Waals surface area contributed by atoms with E-state index < -0.39 is 0 Å². The van der Waals surface area contributed by atoms with E-state index in [0.29, 0.717) is 5.95 Å². The minimum atomic E-state index is -0.0667. The maximum absolute atomic E-state index is 4.52. The van der Waals surface area contributed by atoms with Gasteiger partial charge in [-0.1, -0.05) is 0 Å². The molecule has 3 rings (SSSR count). The highest BCUT2D eigenvalue weighted by Gasteiger charge is 2.14. The lowest BCUT2D eigenvalue weighted by atomic mass is 10.1. The summed E-state index contributed by atoms with van der Waals surface area (Å²) in [6, 6.07) is 10.4. The van der Waals surface area contributed by atoms with Crippen molar-refractivity contribution in [3.05, 3.63) is 36.5 Å². The van der Waals surface area contributed by atoms with E-state index in [1.165, 1.54) is 5.69 Å². The van der Waals surface area contributed by atoms with Gasteiger partial charge in [0.15, 0.2) is 0 Å². The Bertz CT molecular complexity index is 684. The second-order valence-corrected chi connectivity index (χ2v) is 7.60. The molecule has 0 spiro atoms. The molecule has 0 saturated carbocycles. The van der Waals surface area contributed by atoms with Gasteiger partial charge in [-0.15, -0.1) is 0 Å². The number of nitrogens with one attached hydrogen (secondary N) is 2. The summed E-state index contributed by atoms with van der Waals surface area (Å²) in [5.41, 5.74) is 2.23. The summed E-state index contributed by atoms with van der Waals surface area (Å²) in [7, 11) is 2.18. The van der Waals surface area contributed by atoms with Gasteiger partial charge in [0, 0.05) is 49.3 Å². The number of hydrogen-bond acceptors (Lipinski definition) is 6. The summed E-state index contributed by atoms with van der Waals surface area (Å²) in [6.45, 7) is 10.7. The van der Waals surface area contributed by atoms with Crippen LogP contribution in [0.4, 0.5) is 23.1 Å². The molecule has 0 atom stereocenters. The number of benzene rings is 1. The maximum atomic E-state index is 4.52.